The van der Waals surface area contributed by atoms with E-state index < -0.39 is 0 Å². The number of carbonyl (C=O) groups excluding carboxylic acids is 1. The molecule has 0 aromatic heterocycles. The van der Waals surface area contributed by atoms with E-state index in [-0.39, 0.29) is 11.4 Å². The first-order valence-corrected chi connectivity index (χ1v) is 3.57. The number of amides is 1. The second kappa shape index (κ2) is 3.10. The van der Waals surface area contributed by atoms with Crippen LogP contribution in [0.5, 0.6) is 0 Å². The number of hydrogen-bond acceptors (Lipinski definition) is 2. The molecule has 0 atom stereocenters. The van der Waals surface area contributed by atoms with Crippen LogP contribution in [0.4, 0.5) is 0 Å². The van der Waals surface area contributed by atoms with Gasteiger partial charge in [-0.2, -0.15) is 0 Å². The predicted molar refractivity (Wildman–Crippen MR) is 46.2 cm³/mol. The maximum Gasteiger partial charge on any atom is 0.217 e. The molecule has 0 saturated heterocycles. The summed E-state index contributed by atoms with van der Waals surface area (Å²) < 4.78 is 0. The molecule has 0 radical (unpaired) electrons. The fourth-order valence-electron chi connectivity index (χ4n) is 0.528. The Bertz CT molecular complexity index is 163. The molecular weight excluding hydrogens is 146 g/mol. The van der Waals surface area contributed by atoms with E-state index in [1.54, 1.807) is 0 Å². The molecule has 1 amide bonds. The Morgan fingerprint density at radius 1 is 1.40 bits per heavy atom. The molecular formula is C7H13NOS. The minimum Gasteiger partial charge on any atom is -0.347 e. The van der Waals surface area contributed by atoms with Crippen LogP contribution in [0, 0.1) is 0 Å². The summed E-state index contributed by atoms with van der Waals surface area (Å²) in [4.78, 5) is 11.4. The summed E-state index contributed by atoms with van der Waals surface area (Å²) in [5.41, 5.74) is -0.346. The highest BCUT2D eigenvalue weighted by atomic mass is 32.1. The van der Waals surface area contributed by atoms with Gasteiger partial charge in [-0.1, -0.05) is 12.2 Å². The Morgan fingerprint density at radius 3 is 1.90 bits per heavy atom. The van der Waals surface area contributed by atoms with Gasteiger partial charge in [0, 0.05) is 11.8 Å². The van der Waals surface area contributed by atoms with E-state index in [0.29, 0.717) is 0 Å². The van der Waals surface area contributed by atoms with Gasteiger partial charge in [-0.05, 0) is 20.8 Å². The highest BCUT2D eigenvalue weighted by Gasteiger charge is 2.19. The number of rotatable bonds is 2. The lowest BCUT2D eigenvalue weighted by molar-refractivity contribution is -0.119. The molecule has 0 aliphatic heterocycles. The summed E-state index contributed by atoms with van der Waals surface area (Å²) in [7, 11) is 0. The van der Waals surface area contributed by atoms with Crippen LogP contribution in [0.25, 0.3) is 0 Å². The van der Waals surface area contributed by atoms with Crippen LogP contribution in [-0.4, -0.2) is 16.3 Å². The molecule has 1 N–H and O–H groups in total. The van der Waals surface area contributed by atoms with Crippen LogP contribution in [0.1, 0.15) is 27.7 Å². The Hall–Kier alpha value is -0.440. The third-order valence-electron chi connectivity index (χ3n) is 1.37. The highest BCUT2D eigenvalue weighted by Crippen LogP contribution is 2.04. The van der Waals surface area contributed by atoms with E-state index in [0.717, 1.165) is 4.86 Å². The molecule has 10 heavy (non-hydrogen) atoms. The van der Waals surface area contributed by atoms with Crippen molar-refractivity contribution < 1.29 is 4.79 Å². The largest absolute Gasteiger partial charge is 0.347 e. The Morgan fingerprint density at radius 2 is 1.80 bits per heavy atom. The Kier molecular flexibility index (Phi) is 2.96. The van der Waals surface area contributed by atoms with E-state index in [2.05, 4.69) is 5.32 Å². The maximum atomic E-state index is 10.6. The lowest BCUT2D eigenvalue weighted by atomic mass is 10.0. The zero-order chi connectivity index (χ0) is 8.36. The van der Waals surface area contributed by atoms with Crippen molar-refractivity contribution in [1.29, 1.82) is 0 Å². The Balaban J connectivity index is 4.13. The van der Waals surface area contributed by atoms with Crippen molar-refractivity contribution in [3.8, 4) is 0 Å². The zero-order valence-corrected chi connectivity index (χ0v) is 7.63. The van der Waals surface area contributed by atoms with E-state index >= 15 is 0 Å². The molecule has 0 aromatic carbocycles. The summed E-state index contributed by atoms with van der Waals surface area (Å²) in [6.07, 6.45) is 0. The van der Waals surface area contributed by atoms with Gasteiger partial charge in [0.25, 0.3) is 0 Å². The number of thiocarbonyl (C=S) groups is 1. The second-order valence-electron chi connectivity index (χ2n) is 2.86. The fraction of sp³-hybridized carbons (Fsp3) is 0.714. The predicted octanol–water partition coefficient (Wildman–Crippen LogP) is 1.29. The first-order valence-electron chi connectivity index (χ1n) is 3.16. The number of hydrogen-bond donors (Lipinski definition) is 1. The molecule has 0 rings (SSSR count). The van der Waals surface area contributed by atoms with Crippen molar-refractivity contribution in [3.63, 3.8) is 0 Å². The first kappa shape index (κ1) is 9.56. The Labute approximate surface area is 67.0 Å². The van der Waals surface area contributed by atoms with Gasteiger partial charge < -0.3 is 5.32 Å². The molecule has 0 fully saturated rings. The van der Waals surface area contributed by atoms with E-state index in [9.17, 15) is 4.79 Å². The van der Waals surface area contributed by atoms with E-state index in [4.69, 9.17) is 12.2 Å². The summed E-state index contributed by atoms with van der Waals surface area (Å²) >= 11 is 4.94. The standard InChI is InChI=1S/C7H13NOS/c1-5(10)7(3,4)8-6(2)9/h1-4H3,(H,8,9). The lowest BCUT2D eigenvalue weighted by Gasteiger charge is -2.24. The van der Waals surface area contributed by atoms with Crippen molar-refractivity contribution in [3.05, 3.63) is 0 Å². The topological polar surface area (TPSA) is 29.1 Å². The highest BCUT2D eigenvalue weighted by molar-refractivity contribution is 7.80. The van der Waals surface area contributed by atoms with Crippen LogP contribution in [0.3, 0.4) is 0 Å². The molecule has 58 valence electrons. The van der Waals surface area contributed by atoms with Gasteiger partial charge in [-0.25, -0.2) is 0 Å². The van der Waals surface area contributed by atoms with Crippen LogP contribution in [-0.2, 0) is 4.79 Å². The summed E-state index contributed by atoms with van der Waals surface area (Å²) in [5.74, 6) is -0.0470. The normalized spacial score (nSPS) is 10.8. The second-order valence-corrected chi connectivity index (χ2v) is 3.47. The van der Waals surface area contributed by atoms with Crippen LogP contribution in [0.2, 0.25) is 0 Å². The molecule has 0 aliphatic rings. The van der Waals surface area contributed by atoms with Crippen molar-refractivity contribution in [2.75, 3.05) is 0 Å². The minimum atomic E-state index is -0.346. The fourth-order valence-corrected chi connectivity index (χ4v) is 0.579. The third kappa shape index (κ3) is 2.92. The maximum absolute atomic E-state index is 10.6. The zero-order valence-electron chi connectivity index (χ0n) is 6.82. The summed E-state index contributed by atoms with van der Waals surface area (Å²) in [6.45, 7) is 7.08. The molecule has 0 saturated carbocycles. The van der Waals surface area contributed by atoms with Crippen molar-refractivity contribution >= 4 is 23.0 Å². The van der Waals surface area contributed by atoms with Gasteiger partial charge in [0.05, 0.1) is 5.54 Å². The molecule has 0 bridgehead atoms. The number of nitrogens with one attached hydrogen (secondary N) is 1. The van der Waals surface area contributed by atoms with Crippen LogP contribution in [0.15, 0.2) is 0 Å². The summed E-state index contributed by atoms with van der Waals surface area (Å²) in [5, 5.41) is 2.74. The van der Waals surface area contributed by atoms with Crippen LogP contribution < -0.4 is 5.32 Å². The van der Waals surface area contributed by atoms with Crippen LogP contribution >= 0.6 is 12.2 Å². The van der Waals surface area contributed by atoms with Gasteiger partial charge in [-0.3, -0.25) is 4.79 Å². The molecule has 2 nitrogen and oxygen atoms in total. The van der Waals surface area contributed by atoms with Gasteiger partial charge >= 0.3 is 0 Å². The summed E-state index contributed by atoms with van der Waals surface area (Å²) in [6, 6.07) is 0. The molecule has 3 heteroatoms. The third-order valence-corrected chi connectivity index (χ3v) is 1.88. The smallest absolute Gasteiger partial charge is 0.217 e. The molecule has 0 spiro atoms. The minimum absolute atomic E-state index is 0.0470. The monoisotopic (exact) mass is 159 g/mol. The quantitative estimate of drug-likeness (QED) is 0.615. The lowest BCUT2D eigenvalue weighted by Crippen LogP contribution is -2.46. The average Bonchev–Trinajstić information content (AvgIpc) is 1.60. The van der Waals surface area contributed by atoms with Crippen molar-refractivity contribution in [1.82, 2.24) is 5.32 Å². The molecule has 0 unspecified atom stereocenters. The molecule has 0 aliphatic carbocycles. The van der Waals surface area contributed by atoms with Crippen molar-refractivity contribution in [2.45, 2.75) is 33.2 Å². The first-order chi connectivity index (χ1) is 4.36. The van der Waals surface area contributed by atoms with E-state index in [1.165, 1.54) is 6.92 Å². The molecule has 0 heterocycles. The van der Waals surface area contributed by atoms with Gasteiger partial charge in [0.2, 0.25) is 5.91 Å². The van der Waals surface area contributed by atoms with Gasteiger partial charge in [-0.15, -0.1) is 0 Å². The average molecular weight is 159 g/mol. The van der Waals surface area contributed by atoms with E-state index in [1.807, 2.05) is 20.8 Å². The SMILES string of the molecule is CC(=O)NC(C)(C)C(C)=S. The van der Waals surface area contributed by atoms with Gasteiger partial charge in [0.1, 0.15) is 0 Å². The van der Waals surface area contributed by atoms with Gasteiger partial charge in [0.15, 0.2) is 0 Å². The van der Waals surface area contributed by atoms with Crippen molar-refractivity contribution in [2.24, 2.45) is 0 Å². The molecule has 0 aromatic rings. The number of carbonyl (C=O) groups is 1.